The third kappa shape index (κ3) is 3.61. The zero-order valence-corrected chi connectivity index (χ0v) is 13.2. The Bertz CT molecular complexity index is 464. The van der Waals surface area contributed by atoms with Gasteiger partial charge in [0, 0.05) is 13.0 Å². The molecule has 2 rings (SSSR count). The molecule has 0 N–H and O–H groups in total. The number of rotatable bonds is 6. The van der Waals surface area contributed by atoms with E-state index >= 15 is 0 Å². The summed E-state index contributed by atoms with van der Waals surface area (Å²) in [5, 5.41) is 4.03. The van der Waals surface area contributed by atoms with Crippen LogP contribution in [0.2, 0.25) is 0 Å². The number of aromatic nitrogens is 2. The molecule has 1 aliphatic carbocycles. The first-order chi connectivity index (χ1) is 10.1. The second-order valence-electron chi connectivity index (χ2n) is 5.93. The number of carbonyl (C=O) groups excluding carboxylic acids is 1. The van der Waals surface area contributed by atoms with Gasteiger partial charge < -0.3 is 14.2 Å². The molecule has 0 saturated heterocycles. The Labute approximate surface area is 125 Å². The van der Waals surface area contributed by atoms with Crippen LogP contribution in [0.1, 0.15) is 50.7 Å². The van der Waals surface area contributed by atoms with Crippen molar-refractivity contribution in [3.63, 3.8) is 0 Å². The van der Waals surface area contributed by atoms with Crippen molar-refractivity contribution in [1.82, 2.24) is 15.0 Å². The van der Waals surface area contributed by atoms with Crippen LogP contribution in [0.4, 0.5) is 0 Å². The van der Waals surface area contributed by atoms with Gasteiger partial charge in [-0.3, -0.25) is 4.79 Å². The zero-order chi connectivity index (χ0) is 15.3. The van der Waals surface area contributed by atoms with Crippen molar-refractivity contribution in [1.29, 1.82) is 0 Å². The number of nitrogens with zero attached hydrogens (tertiary/aromatic N) is 3. The SMILES string of the molecule is CCOC(=O)C1(c2nc(CCN(C)C)no2)CCCCC1. The lowest BCUT2D eigenvalue weighted by Gasteiger charge is -2.31. The van der Waals surface area contributed by atoms with E-state index in [-0.39, 0.29) is 5.97 Å². The zero-order valence-electron chi connectivity index (χ0n) is 13.2. The van der Waals surface area contributed by atoms with Gasteiger partial charge in [-0.05, 0) is 33.9 Å². The van der Waals surface area contributed by atoms with Gasteiger partial charge in [0.2, 0.25) is 5.89 Å². The van der Waals surface area contributed by atoms with E-state index < -0.39 is 5.41 Å². The highest BCUT2D eigenvalue weighted by molar-refractivity contribution is 5.82. The van der Waals surface area contributed by atoms with E-state index in [0.29, 0.717) is 18.3 Å². The number of ether oxygens (including phenoxy) is 1. The predicted octanol–water partition coefficient (Wildman–Crippen LogP) is 1.94. The van der Waals surface area contributed by atoms with Gasteiger partial charge >= 0.3 is 5.97 Å². The molecule has 0 spiro atoms. The molecule has 6 heteroatoms. The van der Waals surface area contributed by atoms with E-state index in [1.54, 1.807) is 0 Å². The molecular weight excluding hydrogens is 270 g/mol. The number of likely N-dealkylation sites (N-methyl/N-ethyl adjacent to an activating group) is 1. The summed E-state index contributed by atoms with van der Waals surface area (Å²) in [7, 11) is 4.00. The van der Waals surface area contributed by atoms with Crippen molar-refractivity contribution in [2.24, 2.45) is 0 Å². The lowest BCUT2D eigenvalue weighted by Crippen LogP contribution is -2.39. The van der Waals surface area contributed by atoms with Crippen LogP contribution < -0.4 is 0 Å². The van der Waals surface area contributed by atoms with Gasteiger partial charge in [0.15, 0.2) is 5.82 Å². The molecule has 0 unspecified atom stereocenters. The molecule has 21 heavy (non-hydrogen) atoms. The first kappa shape index (κ1) is 15.9. The van der Waals surface area contributed by atoms with Gasteiger partial charge in [0.1, 0.15) is 5.41 Å². The van der Waals surface area contributed by atoms with Crippen LogP contribution in [-0.4, -0.2) is 48.3 Å². The highest BCUT2D eigenvalue weighted by Crippen LogP contribution is 2.39. The molecule has 0 amide bonds. The van der Waals surface area contributed by atoms with Crippen LogP contribution >= 0.6 is 0 Å². The van der Waals surface area contributed by atoms with Gasteiger partial charge in [0.05, 0.1) is 6.61 Å². The smallest absolute Gasteiger partial charge is 0.321 e. The van der Waals surface area contributed by atoms with Crippen LogP contribution in [0.3, 0.4) is 0 Å². The quantitative estimate of drug-likeness (QED) is 0.747. The Kier molecular flexibility index (Phi) is 5.33. The minimum atomic E-state index is -0.725. The van der Waals surface area contributed by atoms with E-state index in [1.165, 1.54) is 0 Å². The highest BCUT2D eigenvalue weighted by Gasteiger charge is 2.47. The lowest BCUT2D eigenvalue weighted by molar-refractivity contribution is -0.152. The molecule has 0 atom stereocenters. The van der Waals surface area contributed by atoms with E-state index in [0.717, 1.165) is 45.1 Å². The van der Waals surface area contributed by atoms with Crippen LogP contribution in [0.25, 0.3) is 0 Å². The summed E-state index contributed by atoms with van der Waals surface area (Å²) in [5.74, 6) is 0.884. The van der Waals surface area contributed by atoms with E-state index in [2.05, 4.69) is 15.0 Å². The topological polar surface area (TPSA) is 68.5 Å². The normalized spacial score (nSPS) is 17.9. The van der Waals surface area contributed by atoms with Gasteiger partial charge in [-0.25, -0.2) is 0 Å². The third-order valence-corrected chi connectivity index (χ3v) is 4.03. The first-order valence-electron chi connectivity index (χ1n) is 7.73. The molecule has 1 aliphatic rings. The minimum absolute atomic E-state index is 0.215. The molecule has 118 valence electrons. The Hall–Kier alpha value is -1.43. The van der Waals surface area contributed by atoms with Gasteiger partial charge in [-0.2, -0.15) is 4.98 Å². The van der Waals surface area contributed by atoms with Crippen molar-refractivity contribution >= 4 is 5.97 Å². The van der Waals surface area contributed by atoms with Gasteiger partial charge in [0.25, 0.3) is 0 Å². The van der Waals surface area contributed by atoms with Crippen LogP contribution in [0, 0.1) is 0 Å². The van der Waals surface area contributed by atoms with Crippen molar-refractivity contribution < 1.29 is 14.1 Å². The Balaban J connectivity index is 2.19. The average Bonchev–Trinajstić information content (AvgIpc) is 2.95. The summed E-state index contributed by atoms with van der Waals surface area (Å²) in [5.41, 5.74) is -0.725. The second kappa shape index (κ2) is 7.02. The molecule has 0 radical (unpaired) electrons. The molecule has 0 aliphatic heterocycles. The fourth-order valence-corrected chi connectivity index (χ4v) is 2.80. The third-order valence-electron chi connectivity index (χ3n) is 4.03. The summed E-state index contributed by atoms with van der Waals surface area (Å²) >= 11 is 0. The molecular formula is C15H25N3O3. The van der Waals surface area contributed by atoms with E-state index in [9.17, 15) is 4.79 Å². The van der Waals surface area contributed by atoms with Gasteiger partial charge in [-0.1, -0.05) is 24.4 Å². The van der Waals surface area contributed by atoms with Crippen molar-refractivity contribution in [2.75, 3.05) is 27.2 Å². The Morgan fingerprint density at radius 1 is 1.33 bits per heavy atom. The molecule has 1 saturated carbocycles. The average molecular weight is 295 g/mol. The second-order valence-corrected chi connectivity index (χ2v) is 5.93. The fourth-order valence-electron chi connectivity index (χ4n) is 2.80. The minimum Gasteiger partial charge on any atom is -0.465 e. The summed E-state index contributed by atoms with van der Waals surface area (Å²) in [4.78, 5) is 19.0. The molecule has 0 bridgehead atoms. The van der Waals surface area contributed by atoms with Crippen LogP contribution in [0.5, 0.6) is 0 Å². The van der Waals surface area contributed by atoms with E-state index in [4.69, 9.17) is 9.26 Å². The number of hydrogen-bond donors (Lipinski definition) is 0. The molecule has 1 heterocycles. The molecule has 0 aromatic carbocycles. The fraction of sp³-hybridized carbons (Fsp3) is 0.800. The summed E-state index contributed by atoms with van der Waals surface area (Å²) in [6, 6.07) is 0. The Morgan fingerprint density at radius 3 is 2.67 bits per heavy atom. The molecule has 6 nitrogen and oxygen atoms in total. The largest absolute Gasteiger partial charge is 0.465 e. The van der Waals surface area contributed by atoms with Crippen LogP contribution in [0.15, 0.2) is 4.52 Å². The lowest BCUT2D eigenvalue weighted by atomic mass is 9.74. The Morgan fingerprint density at radius 2 is 2.05 bits per heavy atom. The van der Waals surface area contributed by atoms with Crippen LogP contribution in [-0.2, 0) is 21.4 Å². The maximum absolute atomic E-state index is 12.4. The molecule has 1 aromatic rings. The number of hydrogen-bond acceptors (Lipinski definition) is 6. The molecule has 1 aromatic heterocycles. The van der Waals surface area contributed by atoms with E-state index in [1.807, 2.05) is 21.0 Å². The maximum atomic E-state index is 12.4. The van der Waals surface area contributed by atoms with Gasteiger partial charge in [-0.15, -0.1) is 0 Å². The highest BCUT2D eigenvalue weighted by atomic mass is 16.5. The first-order valence-corrected chi connectivity index (χ1v) is 7.73. The predicted molar refractivity (Wildman–Crippen MR) is 78.0 cm³/mol. The monoisotopic (exact) mass is 295 g/mol. The standard InChI is InChI=1S/C15H25N3O3/c1-4-20-14(19)15(9-6-5-7-10-15)13-16-12(17-21-13)8-11-18(2)3/h4-11H2,1-3H3. The number of esters is 1. The summed E-state index contributed by atoms with van der Waals surface area (Å²) in [6.07, 6.45) is 5.32. The summed E-state index contributed by atoms with van der Waals surface area (Å²) in [6.45, 7) is 3.05. The maximum Gasteiger partial charge on any atom is 0.321 e. The van der Waals surface area contributed by atoms with Crippen molar-refractivity contribution in [3.8, 4) is 0 Å². The molecule has 1 fully saturated rings. The van der Waals surface area contributed by atoms with Crippen molar-refractivity contribution in [3.05, 3.63) is 11.7 Å². The number of carbonyl (C=O) groups is 1. The summed E-state index contributed by atoms with van der Waals surface area (Å²) < 4.78 is 10.7. The van der Waals surface area contributed by atoms with Crippen molar-refractivity contribution in [2.45, 2.75) is 50.9 Å².